The van der Waals surface area contributed by atoms with Gasteiger partial charge in [-0.2, -0.15) is 0 Å². The van der Waals surface area contributed by atoms with Crippen molar-refractivity contribution in [3.05, 3.63) is 71.1 Å². The minimum atomic E-state index is -3.54. The average Bonchev–Trinajstić information content (AvgIpc) is 3.09. The molecular formula is C20H22N2O2S2. The molecule has 0 saturated heterocycles. The quantitative estimate of drug-likeness (QED) is 0.676. The maximum absolute atomic E-state index is 11.5. The lowest BCUT2D eigenvalue weighted by Gasteiger charge is -2.11. The number of nitrogens with two attached hydrogens (primary N) is 2. The molecule has 0 aliphatic heterocycles. The first-order chi connectivity index (χ1) is 12.4. The van der Waals surface area contributed by atoms with Crippen LogP contribution in [0.1, 0.15) is 18.1 Å². The molecule has 26 heavy (non-hydrogen) atoms. The van der Waals surface area contributed by atoms with E-state index in [4.69, 9.17) is 10.9 Å². The SMILES string of the molecule is CC(Cc1ccsc1-c1ccc(-c2ccccc2CN)cc1)S(N)(=O)=O. The third-order valence-electron chi connectivity index (χ3n) is 4.51. The molecule has 3 rings (SSSR count). The molecule has 4 nitrogen and oxygen atoms in total. The van der Waals surface area contributed by atoms with E-state index >= 15 is 0 Å². The summed E-state index contributed by atoms with van der Waals surface area (Å²) in [6.07, 6.45) is 0.412. The standard InChI is InChI=1S/C20H22N2O2S2/c1-14(26(22,23)24)12-17-10-11-25-20(17)16-8-6-15(7-9-16)19-5-3-2-4-18(19)13-21/h2-11,14H,12-13,21H2,1H3,(H2,22,23,24). The lowest BCUT2D eigenvalue weighted by atomic mass is 9.97. The molecule has 0 saturated carbocycles. The van der Waals surface area contributed by atoms with Crippen molar-refractivity contribution in [2.45, 2.75) is 25.1 Å². The smallest absolute Gasteiger partial charge is 0.212 e. The summed E-state index contributed by atoms with van der Waals surface area (Å²) >= 11 is 1.61. The lowest BCUT2D eigenvalue weighted by molar-refractivity contribution is 0.584. The van der Waals surface area contributed by atoms with Gasteiger partial charge in [-0.05, 0) is 52.6 Å². The molecular weight excluding hydrogens is 364 g/mol. The summed E-state index contributed by atoms with van der Waals surface area (Å²) < 4.78 is 23.1. The zero-order valence-electron chi connectivity index (χ0n) is 14.6. The molecule has 1 atom stereocenters. The van der Waals surface area contributed by atoms with Gasteiger partial charge < -0.3 is 5.73 Å². The predicted octanol–water partition coefficient (Wildman–Crippen LogP) is 3.76. The van der Waals surface area contributed by atoms with E-state index in [2.05, 4.69) is 30.3 Å². The third-order valence-corrected chi connectivity index (χ3v) is 6.80. The second kappa shape index (κ2) is 7.72. The third kappa shape index (κ3) is 4.04. The first-order valence-electron chi connectivity index (χ1n) is 8.37. The van der Waals surface area contributed by atoms with Crippen LogP contribution in [-0.2, 0) is 23.0 Å². The summed E-state index contributed by atoms with van der Waals surface area (Å²) in [5.74, 6) is 0. The highest BCUT2D eigenvalue weighted by Gasteiger charge is 2.19. The Labute approximate surface area is 158 Å². The van der Waals surface area contributed by atoms with E-state index in [0.717, 1.165) is 32.7 Å². The number of thiophene rings is 1. The van der Waals surface area contributed by atoms with Gasteiger partial charge in [0.25, 0.3) is 0 Å². The van der Waals surface area contributed by atoms with Gasteiger partial charge in [-0.25, -0.2) is 13.6 Å². The summed E-state index contributed by atoms with van der Waals surface area (Å²) in [7, 11) is -3.54. The van der Waals surface area contributed by atoms with Gasteiger partial charge in [-0.15, -0.1) is 11.3 Å². The van der Waals surface area contributed by atoms with Gasteiger partial charge in [0.1, 0.15) is 0 Å². The Morgan fingerprint density at radius 2 is 1.62 bits per heavy atom. The first-order valence-corrected chi connectivity index (χ1v) is 10.9. The number of hydrogen-bond donors (Lipinski definition) is 2. The highest BCUT2D eigenvalue weighted by molar-refractivity contribution is 7.89. The van der Waals surface area contributed by atoms with E-state index < -0.39 is 15.3 Å². The average molecular weight is 387 g/mol. The zero-order valence-corrected chi connectivity index (χ0v) is 16.2. The molecule has 6 heteroatoms. The molecule has 1 aromatic heterocycles. The van der Waals surface area contributed by atoms with Crippen LogP contribution in [0.25, 0.3) is 21.6 Å². The van der Waals surface area contributed by atoms with Gasteiger partial charge in [0.05, 0.1) is 5.25 Å². The Morgan fingerprint density at radius 3 is 2.27 bits per heavy atom. The summed E-state index contributed by atoms with van der Waals surface area (Å²) in [6, 6.07) is 18.4. The van der Waals surface area contributed by atoms with Crippen LogP contribution in [0.15, 0.2) is 60.0 Å². The molecule has 1 heterocycles. The minimum Gasteiger partial charge on any atom is -0.326 e. The van der Waals surface area contributed by atoms with Crippen LogP contribution in [0.3, 0.4) is 0 Å². The molecule has 136 valence electrons. The molecule has 0 aliphatic carbocycles. The largest absolute Gasteiger partial charge is 0.326 e. The highest BCUT2D eigenvalue weighted by Crippen LogP contribution is 2.33. The van der Waals surface area contributed by atoms with Gasteiger partial charge in [0.15, 0.2) is 0 Å². The maximum atomic E-state index is 11.5. The molecule has 0 fully saturated rings. The van der Waals surface area contributed by atoms with Crippen molar-refractivity contribution in [1.82, 2.24) is 0 Å². The van der Waals surface area contributed by atoms with E-state index in [9.17, 15) is 8.42 Å². The Kier molecular flexibility index (Phi) is 5.58. The number of sulfonamides is 1. The number of rotatable bonds is 6. The summed E-state index contributed by atoms with van der Waals surface area (Å²) in [5, 5.41) is 6.64. The Bertz CT molecular complexity index is 993. The Hall–Kier alpha value is -1.99. The van der Waals surface area contributed by atoms with Gasteiger partial charge >= 0.3 is 0 Å². The van der Waals surface area contributed by atoms with Crippen molar-refractivity contribution in [3.63, 3.8) is 0 Å². The van der Waals surface area contributed by atoms with Gasteiger partial charge in [-0.3, -0.25) is 0 Å². The van der Waals surface area contributed by atoms with Crippen molar-refractivity contribution in [1.29, 1.82) is 0 Å². The lowest BCUT2D eigenvalue weighted by Crippen LogP contribution is -2.27. The van der Waals surface area contributed by atoms with Crippen LogP contribution in [0, 0.1) is 0 Å². The fraction of sp³-hybridized carbons (Fsp3) is 0.200. The molecule has 0 radical (unpaired) electrons. The van der Waals surface area contributed by atoms with Crippen molar-refractivity contribution >= 4 is 21.4 Å². The van der Waals surface area contributed by atoms with Crippen molar-refractivity contribution in [2.24, 2.45) is 10.9 Å². The number of hydrogen-bond acceptors (Lipinski definition) is 4. The van der Waals surface area contributed by atoms with Gasteiger partial charge in [0.2, 0.25) is 10.0 Å². The molecule has 3 aromatic rings. The van der Waals surface area contributed by atoms with Gasteiger partial charge in [-0.1, -0.05) is 48.5 Å². The predicted molar refractivity (Wildman–Crippen MR) is 109 cm³/mol. The van der Waals surface area contributed by atoms with Crippen LogP contribution in [0.4, 0.5) is 0 Å². The summed E-state index contributed by atoms with van der Waals surface area (Å²) in [5.41, 5.74) is 11.3. The van der Waals surface area contributed by atoms with E-state index in [0.29, 0.717) is 13.0 Å². The van der Waals surface area contributed by atoms with Crippen LogP contribution in [-0.4, -0.2) is 13.7 Å². The summed E-state index contributed by atoms with van der Waals surface area (Å²) in [4.78, 5) is 1.08. The molecule has 0 amide bonds. The first kappa shape index (κ1) is 18.8. The molecule has 4 N–H and O–H groups in total. The molecule has 0 bridgehead atoms. The van der Waals surface area contributed by atoms with Gasteiger partial charge in [0, 0.05) is 11.4 Å². The molecule has 0 spiro atoms. The maximum Gasteiger partial charge on any atom is 0.212 e. The fourth-order valence-corrected chi connectivity index (χ4v) is 4.31. The van der Waals surface area contributed by atoms with Crippen LogP contribution in [0.2, 0.25) is 0 Å². The van der Waals surface area contributed by atoms with Crippen molar-refractivity contribution in [2.75, 3.05) is 0 Å². The number of benzene rings is 2. The minimum absolute atomic E-state index is 0.412. The summed E-state index contributed by atoms with van der Waals surface area (Å²) in [6.45, 7) is 2.14. The topological polar surface area (TPSA) is 86.2 Å². The Morgan fingerprint density at radius 1 is 0.962 bits per heavy atom. The van der Waals surface area contributed by atoms with E-state index in [-0.39, 0.29) is 0 Å². The monoisotopic (exact) mass is 386 g/mol. The highest BCUT2D eigenvalue weighted by atomic mass is 32.2. The van der Waals surface area contributed by atoms with E-state index in [1.807, 2.05) is 29.6 Å². The van der Waals surface area contributed by atoms with E-state index in [1.54, 1.807) is 18.3 Å². The Balaban J connectivity index is 1.90. The van der Waals surface area contributed by atoms with Crippen molar-refractivity contribution in [3.8, 4) is 21.6 Å². The second-order valence-electron chi connectivity index (χ2n) is 6.32. The fourth-order valence-electron chi connectivity index (χ4n) is 2.96. The number of primary sulfonamides is 1. The van der Waals surface area contributed by atoms with Crippen LogP contribution in [0.5, 0.6) is 0 Å². The normalized spacial score (nSPS) is 12.9. The molecule has 1 unspecified atom stereocenters. The molecule has 2 aromatic carbocycles. The molecule has 0 aliphatic rings. The zero-order chi connectivity index (χ0) is 18.7. The van der Waals surface area contributed by atoms with E-state index in [1.165, 1.54) is 0 Å². The second-order valence-corrected chi connectivity index (χ2v) is 9.22. The van der Waals surface area contributed by atoms with Crippen LogP contribution < -0.4 is 10.9 Å². The van der Waals surface area contributed by atoms with Crippen molar-refractivity contribution < 1.29 is 8.42 Å². The van der Waals surface area contributed by atoms with Crippen LogP contribution >= 0.6 is 11.3 Å².